The van der Waals surface area contributed by atoms with Gasteiger partial charge in [-0.05, 0) is 30.9 Å². The zero-order valence-electron chi connectivity index (χ0n) is 8.37. The van der Waals surface area contributed by atoms with E-state index in [-0.39, 0.29) is 11.8 Å². The van der Waals surface area contributed by atoms with Crippen LogP contribution >= 0.6 is 0 Å². The highest BCUT2D eigenvalue weighted by atomic mass is 19.1. The second kappa shape index (κ2) is 4.38. The summed E-state index contributed by atoms with van der Waals surface area (Å²) in [5.41, 5.74) is 0.915. The molecular weight excluding hydrogens is 195 g/mol. The minimum Gasteiger partial charge on any atom is -0.356 e. The molecule has 4 heteroatoms. The van der Waals surface area contributed by atoms with Crippen LogP contribution in [0.25, 0.3) is 0 Å². The van der Waals surface area contributed by atoms with Crippen molar-refractivity contribution in [1.29, 1.82) is 0 Å². The molecule has 1 aliphatic heterocycles. The van der Waals surface area contributed by atoms with Crippen molar-refractivity contribution < 1.29 is 9.18 Å². The van der Waals surface area contributed by atoms with Crippen LogP contribution in [0.1, 0.15) is 18.4 Å². The van der Waals surface area contributed by atoms with Crippen LogP contribution in [0.2, 0.25) is 0 Å². The lowest BCUT2D eigenvalue weighted by Gasteiger charge is -2.21. The van der Waals surface area contributed by atoms with Crippen molar-refractivity contribution in [1.82, 2.24) is 10.3 Å². The first-order chi connectivity index (χ1) is 7.25. The molecular formula is C11H13FN2O. The van der Waals surface area contributed by atoms with Gasteiger partial charge in [0.1, 0.15) is 0 Å². The molecule has 0 bridgehead atoms. The summed E-state index contributed by atoms with van der Waals surface area (Å²) >= 11 is 0. The van der Waals surface area contributed by atoms with Crippen molar-refractivity contribution in [2.75, 3.05) is 6.54 Å². The molecule has 1 saturated heterocycles. The number of nitrogens with zero attached hydrogens (tertiary/aromatic N) is 1. The number of rotatable bonds is 2. The number of amides is 1. The predicted molar refractivity (Wildman–Crippen MR) is 53.6 cm³/mol. The van der Waals surface area contributed by atoms with Crippen molar-refractivity contribution in [2.24, 2.45) is 5.92 Å². The van der Waals surface area contributed by atoms with Gasteiger partial charge in [0.15, 0.2) is 0 Å². The first-order valence-corrected chi connectivity index (χ1v) is 5.14. The van der Waals surface area contributed by atoms with Gasteiger partial charge in [0, 0.05) is 18.7 Å². The Balaban J connectivity index is 2.01. The fourth-order valence-corrected chi connectivity index (χ4v) is 1.84. The van der Waals surface area contributed by atoms with Crippen molar-refractivity contribution in [3.63, 3.8) is 0 Å². The average molecular weight is 208 g/mol. The molecule has 1 N–H and O–H groups in total. The Hall–Kier alpha value is -1.45. The minimum atomic E-state index is -0.480. The Bertz CT molecular complexity index is 350. The van der Waals surface area contributed by atoms with Crippen LogP contribution in [0.15, 0.2) is 18.3 Å². The van der Waals surface area contributed by atoms with E-state index in [4.69, 9.17) is 0 Å². The van der Waals surface area contributed by atoms with Gasteiger partial charge >= 0.3 is 0 Å². The molecule has 1 unspecified atom stereocenters. The van der Waals surface area contributed by atoms with E-state index in [1.165, 1.54) is 12.3 Å². The smallest absolute Gasteiger partial charge is 0.223 e. The van der Waals surface area contributed by atoms with Gasteiger partial charge in [-0.25, -0.2) is 4.98 Å². The number of hydrogen-bond acceptors (Lipinski definition) is 2. The van der Waals surface area contributed by atoms with Gasteiger partial charge in [0.25, 0.3) is 0 Å². The molecule has 2 heterocycles. The number of pyridine rings is 1. The van der Waals surface area contributed by atoms with Crippen molar-refractivity contribution in [2.45, 2.75) is 19.3 Å². The summed E-state index contributed by atoms with van der Waals surface area (Å²) < 4.78 is 12.6. The van der Waals surface area contributed by atoms with E-state index >= 15 is 0 Å². The van der Waals surface area contributed by atoms with E-state index in [1.807, 2.05) is 0 Å². The molecule has 1 aromatic heterocycles. The zero-order valence-corrected chi connectivity index (χ0v) is 8.37. The summed E-state index contributed by atoms with van der Waals surface area (Å²) in [4.78, 5) is 15.0. The van der Waals surface area contributed by atoms with Gasteiger partial charge in [-0.2, -0.15) is 4.39 Å². The van der Waals surface area contributed by atoms with Crippen LogP contribution in [-0.2, 0) is 11.2 Å². The number of carbonyl (C=O) groups is 1. The number of hydrogen-bond donors (Lipinski definition) is 1. The summed E-state index contributed by atoms with van der Waals surface area (Å²) in [5.74, 6) is -0.358. The van der Waals surface area contributed by atoms with E-state index in [9.17, 15) is 9.18 Å². The maximum Gasteiger partial charge on any atom is 0.223 e. The van der Waals surface area contributed by atoms with Gasteiger partial charge in [-0.15, -0.1) is 0 Å². The molecule has 1 fully saturated rings. The van der Waals surface area contributed by atoms with Crippen LogP contribution in [0.4, 0.5) is 4.39 Å². The maximum absolute atomic E-state index is 12.6. The van der Waals surface area contributed by atoms with Gasteiger partial charge in [0.2, 0.25) is 11.9 Å². The fraction of sp³-hybridized carbons (Fsp3) is 0.455. The number of aromatic nitrogens is 1. The van der Waals surface area contributed by atoms with Crippen LogP contribution in [0.5, 0.6) is 0 Å². The normalized spacial score (nSPS) is 21.1. The van der Waals surface area contributed by atoms with Crippen LogP contribution in [-0.4, -0.2) is 17.4 Å². The standard InChI is InChI=1S/C11H13FN2O/c12-10-4-3-8(7-14-10)6-9-2-1-5-13-11(9)15/h3-4,7,9H,1-2,5-6H2,(H,13,15). The lowest BCUT2D eigenvalue weighted by atomic mass is 9.92. The average Bonchev–Trinajstić information content (AvgIpc) is 2.25. The van der Waals surface area contributed by atoms with Crippen LogP contribution in [0.3, 0.4) is 0 Å². The summed E-state index contributed by atoms with van der Waals surface area (Å²) in [5, 5.41) is 2.83. The third-order valence-electron chi connectivity index (χ3n) is 2.67. The lowest BCUT2D eigenvalue weighted by Crippen LogP contribution is -2.37. The number of piperidine rings is 1. The number of halogens is 1. The third kappa shape index (κ3) is 2.52. The number of carbonyl (C=O) groups excluding carboxylic acids is 1. The van der Waals surface area contributed by atoms with E-state index in [1.54, 1.807) is 6.07 Å². The van der Waals surface area contributed by atoms with Crippen LogP contribution < -0.4 is 5.32 Å². The molecule has 2 rings (SSSR count). The minimum absolute atomic E-state index is 0.0195. The first-order valence-electron chi connectivity index (χ1n) is 5.14. The fourth-order valence-electron chi connectivity index (χ4n) is 1.84. The quantitative estimate of drug-likeness (QED) is 0.744. The maximum atomic E-state index is 12.6. The number of nitrogens with one attached hydrogen (secondary N) is 1. The molecule has 1 aliphatic rings. The Morgan fingerprint density at radius 2 is 2.40 bits per heavy atom. The van der Waals surface area contributed by atoms with E-state index in [2.05, 4.69) is 10.3 Å². The topological polar surface area (TPSA) is 42.0 Å². The van der Waals surface area contributed by atoms with Crippen molar-refractivity contribution in [3.05, 3.63) is 29.8 Å². The molecule has 3 nitrogen and oxygen atoms in total. The highest BCUT2D eigenvalue weighted by Gasteiger charge is 2.21. The van der Waals surface area contributed by atoms with E-state index in [0.29, 0.717) is 6.42 Å². The summed E-state index contributed by atoms with van der Waals surface area (Å²) in [6.07, 6.45) is 4.07. The second-order valence-corrected chi connectivity index (χ2v) is 3.82. The Kier molecular flexibility index (Phi) is 2.94. The highest BCUT2D eigenvalue weighted by Crippen LogP contribution is 2.16. The molecule has 0 radical (unpaired) electrons. The summed E-state index contributed by atoms with van der Waals surface area (Å²) in [7, 11) is 0. The van der Waals surface area contributed by atoms with Gasteiger partial charge < -0.3 is 5.32 Å². The molecule has 0 aromatic carbocycles. The summed E-state index contributed by atoms with van der Waals surface area (Å²) in [6.45, 7) is 0.775. The molecule has 0 spiro atoms. The predicted octanol–water partition coefficient (Wildman–Crippen LogP) is 1.29. The van der Waals surface area contributed by atoms with Crippen LogP contribution in [0, 0.1) is 11.9 Å². The molecule has 0 saturated carbocycles. The Labute approximate surface area is 87.7 Å². The highest BCUT2D eigenvalue weighted by molar-refractivity contribution is 5.79. The first kappa shape index (κ1) is 10.1. The third-order valence-corrected chi connectivity index (χ3v) is 2.67. The molecule has 0 aliphatic carbocycles. The SMILES string of the molecule is O=C1NCCCC1Cc1ccc(F)nc1. The van der Waals surface area contributed by atoms with E-state index < -0.39 is 5.95 Å². The molecule has 1 amide bonds. The van der Waals surface area contributed by atoms with Crippen molar-refractivity contribution in [3.8, 4) is 0 Å². The summed E-state index contributed by atoms with van der Waals surface area (Å²) in [6, 6.07) is 3.01. The van der Waals surface area contributed by atoms with E-state index in [0.717, 1.165) is 24.9 Å². The van der Waals surface area contributed by atoms with Crippen molar-refractivity contribution >= 4 is 5.91 Å². The molecule has 1 atom stereocenters. The Morgan fingerprint density at radius 1 is 1.53 bits per heavy atom. The van der Waals surface area contributed by atoms with Gasteiger partial charge in [0.05, 0.1) is 0 Å². The monoisotopic (exact) mass is 208 g/mol. The lowest BCUT2D eigenvalue weighted by molar-refractivity contribution is -0.126. The van der Waals surface area contributed by atoms with Gasteiger partial charge in [-0.1, -0.05) is 6.07 Å². The second-order valence-electron chi connectivity index (χ2n) is 3.82. The van der Waals surface area contributed by atoms with Gasteiger partial charge in [-0.3, -0.25) is 4.79 Å². The Morgan fingerprint density at radius 3 is 3.07 bits per heavy atom. The molecule has 1 aromatic rings. The molecule has 80 valence electrons. The zero-order chi connectivity index (χ0) is 10.7. The largest absolute Gasteiger partial charge is 0.356 e. The molecule has 15 heavy (non-hydrogen) atoms.